The SMILES string of the molecule is CNCC1(N(C)C(C)=O)CCC1. The zero-order valence-corrected chi connectivity index (χ0v) is 8.18. The highest BCUT2D eigenvalue weighted by atomic mass is 16.2. The molecule has 1 amide bonds. The number of nitrogens with zero attached hydrogens (tertiary/aromatic N) is 1. The van der Waals surface area contributed by atoms with Crippen LogP contribution in [0.3, 0.4) is 0 Å². The Morgan fingerprint density at radius 1 is 1.58 bits per heavy atom. The Hall–Kier alpha value is -0.570. The predicted octanol–water partition coefficient (Wildman–Crippen LogP) is 0.607. The Morgan fingerprint density at radius 2 is 2.17 bits per heavy atom. The Morgan fingerprint density at radius 3 is 2.42 bits per heavy atom. The van der Waals surface area contributed by atoms with E-state index in [1.807, 2.05) is 19.0 Å². The largest absolute Gasteiger partial charge is 0.339 e. The molecule has 0 spiro atoms. The summed E-state index contributed by atoms with van der Waals surface area (Å²) in [5, 5.41) is 3.15. The van der Waals surface area contributed by atoms with Crippen molar-refractivity contribution in [2.45, 2.75) is 31.7 Å². The van der Waals surface area contributed by atoms with Crippen molar-refractivity contribution in [2.75, 3.05) is 20.6 Å². The van der Waals surface area contributed by atoms with E-state index in [-0.39, 0.29) is 11.4 Å². The molecule has 0 radical (unpaired) electrons. The van der Waals surface area contributed by atoms with Crippen LogP contribution in [-0.4, -0.2) is 37.0 Å². The predicted molar refractivity (Wildman–Crippen MR) is 49.0 cm³/mol. The molecule has 1 N–H and O–H groups in total. The topological polar surface area (TPSA) is 32.3 Å². The maximum Gasteiger partial charge on any atom is 0.219 e. The van der Waals surface area contributed by atoms with Gasteiger partial charge >= 0.3 is 0 Å². The molecule has 0 atom stereocenters. The first kappa shape index (κ1) is 9.52. The van der Waals surface area contributed by atoms with E-state index in [1.165, 1.54) is 6.42 Å². The first-order valence-corrected chi connectivity index (χ1v) is 4.51. The monoisotopic (exact) mass is 170 g/mol. The smallest absolute Gasteiger partial charge is 0.219 e. The number of carbonyl (C=O) groups is 1. The molecule has 0 aromatic carbocycles. The lowest BCUT2D eigenvalue weighted by atomic mass is 9.75. The second-order valence-electron chi connectivity index (χ2n) is 3.69. The Bertz CT molecular complexity index is 175. The molecule has 1 aliphatic carbocycles. The summed E-state index contributed by atoms with van der Waals surface area (Å²) in [5.74, 6) is 0.171. The fourth-order valence-corrected chi connectivity index (χ4v) is 1.88. The van der Waals surface area contributed by atoms with E-state index in [2.05, 4.69) is 5.32 Å². The second kappa shape index (κ2) is 3.44. The maximum absolute atomic E-state index is 11.2. The molecule has 0 unspecified atom stereocenters. The molecule has 70 valence electrons. The van der Waals surface area contributed by atoms with Crippen LogP contribution in [0.15, 0.2) is 0 Å². The van der Waals surface area contributed by atoms with Crippen LogP contribution in [-0.2, 0) is 4.79 Å². The summed E-state index contributed by atoms with van der Waals surface area (Å²) >= 11 is 0. The fraction of sp³-hybridized carbons (Fsp3) is 0.889. The third kappa shape index (κ3) is 1.46. The van der Waals surface area contributed by atoms with Crippen LogP contribution in [0.5, 0.6) is 0 Å². The van der Waals surface area contributed by atoms with E-state index >= 15 is 0 Å². The van der Waals surface area contributed by atoms with Crippen molar-refractivity contribution in [1.29, 1.82) is 0 Å². The summed E-state index contributed by atoms with van der Waals surface area (Å²) in [4.78, 5) is 13.0. The molecule has 1 fully saturated rings. The summed E-state index contributed by atoms with van der Waals surface area (Å²) in [5.41, 5.74) is 0.126. The number of hydrogen-bond donors (Lipinski definition) is 1. The van der Waals surface area contributed by atoms with Crippen LogP contribution < -0.4 is 5.32 Å². The summed E-state index contributed by atoms with van der Waals surface area (Å²) < 4.78 is 0. The average Bonchev–Trinajstić information content (AvgIpc) is 1.95. The van der Waals surface area contributed by atoms with Gasteiger partial charge in [0, 0.05) is 20.5 Å². The lowest BCUT2D eigenvalue weighted by molar-refractivity contribution is -0.136. The van der Waals surface area contributed by atoms with Gasteiger partial charge in [0.05, 0.1) is 5.54 Å². The molecule has 0 aliphatic heterocycles. The van der Waals surface area contributed by atoms with Gasteiger partial charge in [-0.3, -0.25) is 4.79 Å². The highest BCUT2D eigenvalue weighted by Crippen LogP contribution is 2.36. The number of carbonyl (C=O) groups excluding carboxylic acids is 1. The van der Waals surface area contributed by atoms with Gasteiger partial charge in [0.15, 0.2) is 0 Å². The molecule has 0 aromatic rings. The van der Waals surface area contributed by atoms with Crippen LogP contribution in [0, 0.1) is 0 Å². The minimum Gasteiger partial charge on any atom is -0.339 e. The lowest BCUT2D eigenvalue weighted by Crippen LogP contribution is -2.58. The highest BCUT2D eigenvalue weighted by molar-refractivity contribution is 5.74. The van der Waals surface area contributed by atoms with Crippen LogP contribution in [0.4, 0.5) is 0 Å². The third-order valence-corrected chi connectivity index (χ3v) is 2.97. The maximum atomic E-state index is 11.2. The van der Waals surface area contributed by atoms with Gasteiger partial charge in [-0.1, -0.05) is 0 Å². The van der Waals surface area contributed by atoms with Gasteiger partial charge in [-0.25, -0.2) is 0 Å². The van der Waals surface area contributed by atoms with Gasteiger partial charge in [0.25, 0.3) is 0 Å². The van der Waals surface area contributed by atoms with Crippen LogP contribution in [0.2, 0.25) is 0 Å². The second-order valence-corrected chi connectivity index (χ2v) is 3.69. The van der Waals surface area contributed by atoms with Crippen molar-refractivity contribution in [3.05, 3.63) is 0 Å². The van der Waals surface area contributed by atoms with E-state index < -0.39 is 0 Å². The molecule has 1 saturated carbocycles. The Kier molecular flexibility index (Phi) is 2.73. The minimum absolute atomic E-state index is 0.126. The van der Waals surface area contributed by atoms with Crippen molar-refractivity contribution in [3.8, 4) is 0 Å². The number of likely N-dealkylation sites (N-methyl/N-ethyl adjacent to an activating group) is 2. The number of amides is 1. The van der Waals surface area contributed by atoms with Gasteiger partial charge in [-0.2, -0.15) is 0 Å². The lowest BCUT2D eigenvalue weighted by Gasteiger charge is -2.48. The molecule has 0 heterocycles. The molecule has 3 nitrogen and oxygen atoms in total. The minimum atomic E-state index is 0.126. The first-order chi connectivity index (χ1) is 5.62. The van der Waals surface area contributed by atoms with E-state index in [0.717, 1.165) is 19.4 Å². The summed E-state index contributed by atoms with van der Waals surface area (Å²) in [6.45, 7) is 2.55. The van der Waals surface area contributed by atoms with Gasteiger partial charge in [-0.15, -0.1) is 0 Å². The van der Waals surface area contributed by atoms with E-state index in [1.54, 1.807) is 6.92 Å². The van der Waals surface area contributed by atoms with Crippen LogP contribution in [0.1, 0.15) is 26.2 Å². The normalized spacial score (nSPS) is 19.9. The first-order valence-electron chi connectivity index (χ1n) is 4.51. The summed E-state index contributed by atoms with van der Waals surface area (Å²) in [6, 6.07) is 0. The summed E-state index contributed by atoms with van der Waals surface area (Å²) in [6.07, 6.45) is 3.53. The van der Waals surface area contributed by atoms with Gasteiger partial charge < -0.3 is 10.2 Å². The standard InChI is InChI=1S/C9H18N2O/c1-8(12)11(3)9(7-10-2)5-4-6-9/h10H,4-7H2,1-3H3. The third-order valence-electron chi connectivity index (χ3n) is 2.97. The molecular formula is C9H18N2O. The van der Waals surface area contributed by atoms with Crippen molar-refractivity contribution >= 4 is 5.91 Å². The van der Waals surface area contributed by atoms with Gasteiger partial charge in [-0.05, 0) is 26.3 Å². The Labute approximate surface area is 74.1 Å². The number of hydrogen-bond acceptors (Lipinski definition) is 2. The molecule has 3 heteroatoms. The molecule has 12 heavy (non-hydrogen) atoms. The molecule has 0 saturated heterocycles. The molecule has 0 bridgehead atoms. The van der Waals surface area contributed by atoms with Crippen molar-refractivity contribution in [3.63, 3.8) is 0 Å². The quantitative estimate of drug-likeness (QED) is 0.673. The van der Waals surface area contributed by atoms with Crippen LogP contribution >= 0.6 is 0 Å². The summed E-state index contributed by atoms with van der Waals surface area (Å²) in [7, 11) is 3.84. The van der Waals surface area contributed by atoms with Crippen molar-refractivity contribution < 1.29 is 4.79 Å². The van der Waals surface area contributed by atoms with Crippen LogP contribution in [0.25, 0.3) is 0 Å². The molecule has 0 aromatic heterocycles. The van der Waals surface area contributed by atoms with Crippen molar-refractivity contribution in [1.82, 2.24) is 10.2 Å². The average molecular weight is 170 g/mol. The number of rotatable bonds is 3. The zero-order valence-electron chi connectivity index (χ0n) is 8.18. The Balaban J connectivity index is 2.59. The highest BCUT2D eigenvalue weighted by Gasteiger charge is 2.41. The molecular weight excluding hydrogens is 152 g/mol. The molecule has 1 rings (SSSR count). The molecule has 1 aliphatic rings. The van der Waals surface area contributed by atoms with Crippen molar-refractivity contribution in [2.24, 2.45) is 0 Å². The fourth-order valence-electron chi connectivity index (χ4n) is 1.88. The number of nitrogens with one attached hydrogen (secondary N) is 1. The van der Waals surface area contributed by atoms with E-state index in [4.69, 9.17) is 0 Å². The van der Waals surface area contributed by atoms with Gasteiger partial charge in [0.1, 0.15) is 0 Å². The van der Waals surface area contributed by atoms with Gasteiger partial charge in [0.2, 0.25) is 5.91 Å². The van der Waals surface area contributed by atoms with E-state index in [9.17, 15) is 4.79 Å². The zero-order chi connectivity index (χ0) is 9.19. The van der Waals surface area contributed by atoms with E-state index in [0.29, 0.717) is 0 Å².